The molecule has 0 radical (unpaired) electrons. The smallest absolute Gasteiger partial charge is 0.349 e. The van der Waals surface area contributed by atoms with Gasteiger partial charge < -0.3 is 19.5 Å². The highest BCUT2D eigenvalue weighted by Crippen LogP contribution is 2.30. The third kappa shape index (κ3) is 10.2. The highest BCUT2D eigenvalue weighted by Gasteiger charge is 2.32. The van der Waals surface area contributed by atoms with Crippen LogP contribution in [0.3, 0.4) is 0 Å². The molecule has 0 aliphatic heterocycles. The second-order valence-electron chi connectivity index (χ2n) is 8.94. The van der Waals surface area contributed by atoms with Crippen LogP contribution in [0.2, 0.25) is 0 Å². The Morgan fingerprint density at radius 2 is 1.78 bits per heavy atom. The number of unbranched alkanes of at least 4 members (excludes halogenated alkanes) is 2. The van der Waals surface area contributed by atoms with Crippen molar-refractivity contribution in [2.75, 3.05) is 20.8 Å². The number of methoxy groups -OCH3 is 2. The van der Waals surface area contributed by atoms with E-state index >= 15 is 0 Å². The molecular weight excluding hydrogens is 498 g/mol. The number of hydrogen-bond donors (Lipinski definition) is 1. The van der Waals surface area contributed by atoms with E-state index in [0.29, 0.717) is 17.7 Å². The lowest BCUT2D eigenvalue weighted by Gasteiger charge is -2.24. The fourth-order valence-electron chi connectivity index (χ4n) is 3.82. The summed E-state index contributed by atoms with van der Waals surface area (Å²) in [7, 11) is 2.72. The number of Topliss-reactive ketones (excluding diaryl/α,β-unsaturated/α-hetero) is 1. The van der Waals surface area contributed by atoms with Crippen molar-refractivity contribution in [3.8, 4) is 5.75 Å². The molecule has 0 fully saturated rings. The van der Waals surface area contributed by atoms with E-state index in [-0.39, 0.29) is 29.7 Å². The van der Waals surface area contributed by atoms with E-state index in [0.717, 1.165) is 31.2 Å². The number of halogens is 1. The number of ketones is 1. The molecule has 1 rings (SSSR count). The van der Waals surface area contributed by atoms with Crippen LogP contribution in [0.15, 0.2) is 29.3 Å². The molecule has 0 aliphatic carbocycles. The van der Waals surface area contributed by atoms with Crippen LogP contribution in [0.25, 0.3) is 0 Å². The molecule has 9 heteroatoms. The fraction of sp³-hybridized carbons (Fsp3) is 0.571. The SMILES string of the molecule is CCCCCc1cccc(OC)c1C(=O)C[C@@H](C(=O)O[C@@H](C)C(=O)NC/C=C(\Cl)C(=O)OC)[C@@H](C)CC. The van der Waals surface area contributed by atoms with E-state index in [9.17, 15) is 19.2 Å². The number of ether oxygens (including phenoxy) is 3. The van der Waals surface area contributed by atoms with Crippen LogP contribution in [-0.2, 0) is 30.3 Å². The summed E-state index contributed by atoms with van der Waals surface area (Å²) in [5, 5.41) is 2.35. The Bertz CT molecular complexity index is 960. The molecule has 0 saturated heterocycles. The summed E-state index contributed by atoms with van der Waals surface area (Å²) in [6, 6.07) is 5.54. The van der Waals surface area contributed by atoms with Crippen LogP contribution in [0.4, 0.5) is 0 Å². The molecule has 1 amide bonds. The van der Waals surface area contributed by atoms with Crippen LogP contribution in [0, 0.1) is 11.8 Å². The maximum Gasteiger partial charge on any atom is 0.349 e. The van der Waals surface area contributed by atoms with E-state index in [1.165, 1.54) is 27.2 Å². The first-order valence-corrected chi connectivity index (χ1v) is 13.1. The number of carbonyl (C=O) groups is 4. The molecule has 1 N–H and O–H groups in total. The number of benzene rings is 1. The zero-order valence-electron chi connectivity index (χ0n) is 22.7. The highest BCUT2D eigenvalue weighted by molar-refractivity contribution is 6.41. The average Bonchev–Trinajstić information content (AvgIpc) is 2.90. The molecule has 8 nitrogen and oxygen atoms in total. The van der Waals surface area contributed by atoms with Crippen molar-refractivity contribution in [3.05, 3.63) is 40.4 Å². The Labute approximate surface area is 225 Å². The van der Waals surface area contributed by atoms with Gasteiger partial charge in [-0.05, 0) is 43.4 Å². The summed E-state index contributed by atoms with van der Waals surface area (Å²) in [5.41, 5.74) is 1.41. The summed E-state index contributed by atoms with van der Waals surface area (Å²) >= 11 is 5.75. The zero-order chi connectivity index (χ0) is 28.0. The van der Waals surface area contributed by atoms with Crippen molar-refractivity contribution < 1.29 is 33.4 Å². The summed E-state index contributed by atoms with van der Waals surface area (Å²) in [4.78, 5) is 50.3. The van der Waals surface area contributed by atoms with E-state index in [1.807, 2.05) is 26.0 Å². The molecule has 1 aromatic carbocycles. The minimum Gasteiger partial charge on any atom is -0.496 e. The second-order valence-corrected chi connectivity index (χ2v) is 9.35. The van der Waals surface area contributed by atoms with Crippen LogP contribution in [0.5, 0.6) is 5.75 Å². The van der Waals surface area contributed by atoms with Crippen molar-refractivity contribution in [1.29, 1.82) is 0 Å². The third-order valence-corrected chi connectivity index (χ3v) is 6.61. The molecule has 0 aromatic heterocycles. The van der Waals surface area contributed by atoms with E-state index < -0.39 is 29.9 Å². The monoisotopic (exact) mass is 537 g/mol. The van der Waals surface area contributed by atoms with Gasteiger partial charge in [0.05, 0.1) is 25.7 Å². The Morgan fingerprint density at radius 1 is 1.08 bits per heavy atom. The Balaban J connectivity index is 2.97. The Kier molecular flexibility index (Phi) is 14.6. The lowest BCUT2D eigenvalue weighted by atomic mass is 9.84. The number of carbonyl (C=O) groups excluding carboxylic acids is 4. The van der Waals surface area contributed by atoms with Gasteiger partial charge in [0.25, 0.3) is 5.91 Å². The minimum absolute atomic E-state index is 0.0451. The van der Waals surface area contributed by atoms with E-state index in [2.05, 4.69) is 17.0 Å². The Hall–Kier alpha value is -2.87. The molecule has 0 unspecified atom stereocenters. The lowest BCUT2D eigenvalue weighted by molar-refractivity contribution is -0.160. The highest BCUT2D eigenvalue weighted by atomic mass is 35.5. The number of rotatable bonds is 16. The van der Waals surface area contributed by atoms with Gasteiger partial charge in [-0.15, -0.1) is 0 Å². The van der Waals surface area contributed by atoms with Gasteiger partial charge >= 0.3 is 11.9 Å². The predicted octanol–water partition coefficient (Wildman–Crippen LogP) is 5.01. The van der Waals surface area contributed by atoms with Crippen molar-refractivity contribution in [2.24, 2.45) is 11.8 Å². The molecule has 0 spiro atoms. The van der Waals surface area contributed by atoms with Crippen LogP contribution in [0.1, 0.15) is 75.7 Å². The lowest BCUT2D eigenvalue weighted by Crippen LogP contribution is -2.38. The van der Waals surface area contributed by atoms with Crippen molar-refractivity contribution in [2.45, 2.75) is 72.3 Å². The Morgan fingerprint density at radius 3 is 2.38 bits per heavy atom. The topological polar surface area (TPSA) is 108 Å². The van der Waals surface area contributed by atoms with Gasteiger partial charge in [0, 0.05) is 13.0 Å². The first-order valence-electron chi connectivity index (χ1n) is 12.7. The van der Waals surface area contributed by atoms with Crippen molar-refractivity contribution in [1.82, 2.24) is 5.32 Å². The van der Waals surface area contributed by atoms with E-state index in [4.69, 9.17) is 21.1 Å². The normalized spacial score (nSPS) is 13.8. The number of amides is 1. The van der Waals surface area contributed by atoms with Gasteiger partial charge in [-0.1, -0.05) is 63.8 Å². The maximum atomic E-state index is 13.5. The molecule has 37 heavy (non-hydrogen) atoms. The van der Waals surface area contributed by atoms with Crippen LogP contribution in [-0.4, -0.2) is 50.5 Å². The molecule has 0 bridgehead atoms. The summed E-state index contributed by atoms with van der Waals surface area (Å²) in [6.07, 6.45) is 4.60. The number of esters is 2. The molecular formula is C28H40ClNO7. The summed E-state index contributed by atoms with van der Waals surface area (Å²) in [5.74, 6) is -2.47. The number of nitrogens with one attached hydrogen (secondary N) is 1. The second kappa shape index (κ2) is 16.8. The minimum atomic E-state index is -1.10. The van der Waals surface area contributed by atoms with Crippen molar-refractivity contribution >= 4 is 35.2 Å². The number of aryl methyl sites for hydroxylation is 1. The largest absolute Gasteiger partial charge is 0.496 e. The van der Waals surface area contributed by atoms with Gasteiger partial charge in [0.1, 0.15) is 10.8 Å². The molecule has 0 heterocycles. The molecule has 0 saturated carbocycles. The molecule has 1 aromatic rings. The average molecular weight is 538 g/mol. The molecule has 3 atom stereocenters. The molecule has 0 aliphatic rings. The number of hydrogen-bond acceptors (Lipinski definition) is 7. The third-order valence-electron chi connectivity index (χ3n) is 6.30. The van der Waals surface area contributed by atoms with Gasteiger partial charge in [-0.25, -0.2) is 4.79 Å². The summed E-state index contributed by atoms with van der Waals surface area (Å²) < 4.78 is 15.4. The van der Waals surface area contributed by atoms with Crippen molar-refractivity contribution in [3.63, 3.8) is 0 Å². The van der Waals surface area contributed by atoms with Gasteiger partial charge in [-0.2, -0.15) is 0 Å². The molecule has 206 valence electrons. The van der Waals surface area contributed by atoms with Crippen LogP contribution >= 0.6 is 11.6 Å². The predicted molar refractivity (Wildman–Crippen MR) is 143 cm³/mol. The van der Waals surface area contributed by atoms with Gasteiger partial charge in [-0.3, -0.25) is 14.4 Å². The first kappa shape index (κ1) is 32.2. The van der Waals surface area contributed by atoms with Gasteiger partial charge in [0.15, 0.2) is 11.9 Å². The quantitative estimate of drug-likeness (QED) is 0.137. The van der Waals surface area contributed by atoms with Gasteiger partial charge in [0.2, 0.25) is 0 Å². The van der Waals surface area contributed by atoms with E-state index in [1.54, 1.807) is 6.07 Å². The van der Waals surface area contributed by atoms with Crippen LogP contribution < -0.4 is 10.1 Å². The maximum absolute atomic E-state index is 13.5. The fourth-order valence-corrected chi connectivity index (χ4v) is 3.98. The first-order chi connectivity index (χ1) is 17.6. The zero-order valence-corrected chi connectivity index (χ0v) is 23.5. The summed E-state index contributed by atoms with van der Waals surface area (Å²) in [6.45, 7) is 7.34. The standard InChI is InChI=1S/C28H40ClNO7/c1-7-9-10-12-20-13-11-14-24(35-5)25(20)23(31)17-21(18(3)8-2)27(33)37-19(4)26(32)30-16-15-22(29)28(34)36-6/h11,13-15,18-19,21H,7-10,12,16-17H2,1-6H3,(H,30,32)/b22-15-/t18-,19-,21+/m0/s1.